The van der Waals surface area contributed by atoms with Gasteiger partial charge in [-0.25, -0.2) is 0 Å². The van der Waals surface area contributed by atoms with Crippen molar-refractivity contribution in [2.75, 3.05) is 13.1 Å². The Balaban J connectivity index is 1.40. The van der Waals surface area contributed by atoms with Gasteiger partial charge in [-0.05, 0) is 25.2 Å². The van der Waals surface area contributed by atoms with Gasteiger partial charge >= 0.3 is 0 Å². The number of hydrogen-bond donors (Lipinski definition) is 0. The molecule has 21 heavy (non-hydrogen) atoms. The van der Waals surface area contributed by atoms with Crippen LogP contribution < -0.4 is 0 Å². The fourth-order valence-electron chi connectivity index (χ4n) is 3.72. The van der Waals surface area contributed by atoms with E-state index in [2.05, 4.69) is 10.2 Å². The highest BCUT2D eigenvalue weighted by Gasteiger charge is 2.25. The largest absolute Gasteiger partial charge is 0.343 e. The Morgan fingerprint density at radius 1 is 1.00 bits per heavy atom. The Bertz CT molecular complexity index is 431. The van der Waals surface area contributed by atoms with E-state index in [1.165, 1.54) is 32.1 Å². The normalized spacial score (nSPS) is 21.6. The van der Waals surface area contributed by atoms with E-state index in [4.69, 9.17) is 0 Å². The molecule has 1 aliphatic heterocycles. The van der Waals surface area contributed by atoms with Crippen molar-refractivity contribution in [3.8, 4) is 0 Å². The predicted molar refractivity (Wildman–Crippen MR) is 80.7 cm³/mol. The van der Waals surface area contributed by atoms with Gasteiger partial charge in [-0.1, -0.05) is 32.1 Å². The van der Waals surface area contributed by atoms with Gasteiger partial charge < -0.3 is 4.90 Å². The zero-order valence-electron chi connectivity index (χ0n) is 12.8. The van der Waals surface area contributed by atoms with Gasteiger partial charge in [0.15, 0.2) is 0 Å². The molecule has 0 atom stereocenters. The number of carbonyl (C=O) groups is 1. The molecular weight excluding hydrogens is 264 g/mol. The maximum absolute atomic E-state index is 12.3. The van der Waals surface area contributed by atoms with Crippen LogP contribution in [0, 0.1) is 5.92 Å². The molecule has 1 amide bonds. The van der Waals surface area contributed by atoms with E-state index < -0.39 is 0 Å². The second-order valence-corrected chi connectivity index (χ2v) is 6.50. The fourth-order valence-corrected chi connectivity index (χ4v) is 3.72. The number of carbonyl (C=O) groups excluding carboxylic acids is 1. The van der Waals surface area contributed by atoms with Crippen molar-refractivity contribution in [2.45, 2.75) is 63.8 Å². The van der Waals surface area contributed by atoms with Gasteiger partial charge in [0.2, 0.25) is 5.91 Å². The zero-order valence-corrected chi connectivity index (χ0v) is 12.8. The maximum Gasteiger partial charge on any atom is 0.222 e. The molecule has 2 heterocycles. The second kappa shape index (κ2) is 7.05. The van der Waals surface area contributed by atoms with E-state index in [1.807, 2.05) is 4.90 Å². The van der Waals surface area contributed by atoms with Crippen molar-refractivity contribution in [1.29, 1.82) is 0 Å². The SMILES string of the molecule is O=C(CCC1CCCCC1)N1CCC(n2nccn2)CC1. The molecule has 0 N–H and O–H groups in total. The third kappa shape index (κ3) is 3.83. The fraction of sp³-hybridized carbons (Fsp3) is 0.812. The molecule has 1 aliphatic carbocycles. The topological polar surface area (TPSA) is 51.0 Å². The molecule has 1 saturated heterocycles. The molecule has 0 unspecified atom stereocenters. The third-order valence-electron chi connectivity index (χ3n) is 5.07. The monoisotopic (exact) mass is 290 g/mol. The summed E-state index contributed by atoms with van der Waals surface area (Å²) in [4.78, 5) is 16.2. The smallest absolute Gasteiger partial charge is 0.222 e. The van der Waals surface area contributed by atoms with Crippen LogP contribution in [0.5, 0.6) is 0 Å². The average Bonchev–Trinajstić information content (AvgIpc) is 3.08. The van der Waals surface area contributed by atoms with Crippen LogP contribution in [0.2, 0.25) is 0 Å². The average molecular weight is 290 g/mol. The molecule has 1 saturated carbocycles. The summed E-state index contributed by atoms with van der Waals surface area (Å²) in [6.45, 7) is 1.71. The summed E-state index contributed by atoms with van der Waals surface area (Å²) in [6.07, 6.45) is 14.0. The van der Waals surface area contributed by atoms with Crippen LogP contribution in [0.25, 0.3) is 0 Å². The molecule has 2 fully saturated rings. The summed E-state index contributed by atoms with van der Waals surface area (Å²) < 4.78 is 0. The minimum absolute atomic E-state index is 0.354. The summed E-state index contributed by atoms with van der Waals surface area (Å²) in [7, 11) is 0. The Kier molecular flexibility index (Phi) is 4.88. The first kappa shape index (κ1) is 14.5. The molecule has 0 aromatic carbocycles. The summed E-state index contributed by atoms with van der Waals surface area (Å²) in [6, 6.07) is 0.363. The first-order chi connectivity index (χ1) is 10.3. The van der Waals surface area contributed by atoms with Crippen molar-refractivity contribution < 1.29 is 4.79 Å². The molecule has 0 radical (unpaired) electrons. The van der Waals surface area contributed by atoms with Gasteiger partial charge in [0.25, 0.3) is 0 Å². The minimum atomic E-state index is 0.354. The summed E-state index contributed by atoms with van der Waals surface area (Å²) in [5, 5.41) is 8.42. The second-order valence-electron chi connectivity index (χ2n) is 6.50. The van der Waals surface area contributed by atoms with Gasteiger partial charge in [-0.15, -0.1) is 0 Å². The Hall–Kier alpha value is -1.39. The van der Waals surface area contributed by atoms with Gasteiger partial charge in [0.1, 0.15) is 0 Å². The Morgan fingerprint density at radius 3 is 2.33 bits per heavy atom. The highest BCUT2D eigenvalue weighted by atomic mass is 16.2. The first-order valence-corrected chi connectivity index (χ1v) is 8.46. The lowest BCUT2D eigenvalue weighted by Crippen LogP contribution is -2.39. The molecule has 1 aromatic heterocycles. The number of nitrogens with zero attached hydrogens (tertiary/aromatic N) is 4. The molecule has 3 rings (SSSR count). The van der Waals surface area contributed by atoms with E-state index in [-0.39, 0.29) is 0 Å². The van der Waals surface area contributed by atoms with Crippen LogP contribution in [0.1, 0.15) is 63.8 Å². The van der Waals surface area contributed by atoms with Crippen LogP contribution in [-0.4, -0.2) is 38.9 Å². The summed E-state index contributed by atoms with van der Waals surface area (Å²) in [5.74, 6) is 1.15. The van der Waals surface area contributed by atoms with Crippen LogP contribution in [0.4, 0.5) is 0 Å². The summed E-state index contributed by atoms with van der Waals surface area (Å²) >= 11 is 0. The van der Waals surface area contributed by atoms with Gasteiger partial charge in [-0.3, -0.25) is 4.79 Å². The van der Waals surface area contributed by atoms with Crippen molar-refractivity contribution >= 4 is 5.91 Å². The lowest BCUT2D eigenvalue weighted by molar-refractivity contribution is -0.132. The number of amides is 1. The van der Waals surface area contributed by atoms with Crippen LogP contribution >= 0.6 is 0 Å². The summed E-state index contributed by atoms with van der Waals surface area (Å²) in [5.41, 5.74) is 0. The van der Waals surface area contributed by atoms with Crippen molar-refractivity contribution in [1.82, 2.24) is 19.9 Å². The lowest BCUT2D eigenvalue weighted by atomic mass is 9.86. The molecule has 1 aromatic rings. The maximum atomic E-state index is 12.3. The van der Waals surface area contributed by atoms with Crippen LogP contribution in [-0.2, 0) is 4.79 Å². The van der Waals surface area contributed by atoms with E-state index >= 15 is 0 Å². The molecule has 0 bridgehead atoms. The van der Waals surface area contributed by atoms with E-state index in [0.29, 0.717) is 11.9 Å². The molecule has 5 nitrogen and oxygen atoms in total. The number of piperidine rings is 1. The Morgan fingerprint density at radius 2 is 1.67 bits per heavy atom. The lowest BCUT2D eigenvalue weighted by Gasteiger charge is -2.32. The molecule has 5 heteroatoms. The predicted octanol–water partition coefficient (Wildman–Crippen LogP) is 2.80. The van der Waals surface area contributed by atoms with E-state index in [1.54, 1.807) is 17.2 Å². The molecular formula is C16H26N4O. The molecule has 2 aliphatic rings. The van der Waals surface area contributed by atoms with Crippen molar-refractivity contribution in [3.63, 3.8) is 0 Å². The Labute approximate surface area is 126 Å². The van der Waals surface area contributed by atoms with E-state index in [0.717, 1.165) is 44.7 Å². The number of rotatable bonds is 4. The highest BCUT2D eigenvalue weighted by molar-refractivity contribution is 5.76. The van der Waals surface area contributed by atoms with Gasteiger partial charge in [-0.2, -0.15) is 15.0 Å². The van der Waals surface area contributed by atoms with Gasteiger partial charge in [0.05, 0.1) is 18.4 Å². The van der Waals surface area contributed by atoms with Gasteiger partial charge in [0, 0.05) is 19.5 Å². The quantitative estimate of drug-likeness (QED) is 0.856. The number of hydrogen-bond acceptors (Lipinski definition) is 3. The molecule has 116 valence electrons. The third-order valence-corrected chi connectivity index (χ3v) is 5.07. The first-order valence-electron chi connectivity index (χ1n) is 8.46. The number of likely N-dealkylation sites (tertiary alicyclic amines) is 1. The van der Waals surface area contributed by atoms with E-state index in [9.17, 15) is 4.79 Å². The minimum Gasteiger partial charge on any atom is -0.343 e. The number of aromatic nitrogens is 3. The highest BCUT2D eigenvalue weighted by Crippen LogP contribution is 2.28. The van der Waals surface area contributed by atoms with Crippen molar-refractivity contribution in [3.05, 3.63) is 12.4 Å². The molecule has 0 spiro atoms. The van der Waals surface area contributed by atoms with Crippen molar-refractivity contribution in [2.24, 2.45) is 5.92 Å². The standard InChI is InChI=1S/C16H26N4O/c21-16(7-6-14-4-2-1-3-5-14)19-12-8-15(9-13-19)20-17-10-11-18-20/h10-11,14-15H,1-9,12-13H2. The van der Waals surface area contributed by atoms with Crippen LogP contribution in [0.3, 0.4) is 0 Å². The van der Waals surface area contributed by atoms with Crippen LogP contribution in [0.15, 0.2) is 12.4 Å². The zero-order chi connectivity index (χ0) is 14.5.